The molecule has 4 fully saturated rings. The van der Waals surface area contributed by atoms with Gasteiger partial charge in [0.1, 0.15) is 0 Å². The summed E-state index contributed by atoms with van der Waals surface area (Å²) < 4.78 is 0. The molecule has 0 aliphatic heterocycles. The standard InChI is InChI=1S/C50H38N4/c51-30-39-28-46-44(29-43(39)34-13-6-2-7-14-34)42-20-19-38(27-45(42)50(46)40-22-31-21-32(24-40)25-41(50)23-31)49-53-47(35-15-8-3-9-16-35)52-48(54-49)37-18-10-17-36(26-37)33-11-4-1-5-12-33/h1-20,26-29,31-32,40-41H,21-25H2. The van der Waals surface area contributed by atoms with Crippen LogP contribution in [-0.4, -0.2) is 15.0 Å². The second kappa shape index (κ2) is 12.2. The summed E-state index contributed by atoms with van der Waals surface area (Å²) in [6.07, 6.45) is 6.46. The van der Waals surface area contributed by atoms with Crippen LogP contribution in [0.15, 0.2) is 146 Å². The smallest absolute Gasteiger partial charge is 0.164 e. The van der Waals surface area contributed by atoms with Crippen molar-refractivity contribution in [2.45, 2.75) is 37.5 Å². The number of hydrogen-bond acceptors (Lipinski definition) is 4. The number of nitrogens with zero attached hydrogens (tertiary/aromatic N) is 4. The minimum absolute atomic E-state index is 0.114. The fraction of sp³-hybridized carbons (Fsp3) is 0.200. The zero-order valence-corrected chi connectivity index (χ0v) is 30.0. The maximum absolute atomic E-state index is 10.6. The minimum Gasteiger partial charge on any atom is -0.208 e. The van der Waals surface area contributed by atoms with Gasteiger partial charge in [-0.15, -0.1) is 0 Å². The highest BCUT2D eigenvalue weighted by atomic mass is 15.0. The van der Waals surface area contributed by atoms with E-state index in [0.29, 0.717) is 29.3 Å². The number of rotatable bonds is 5. The van der Waals surface area contributed by atoms with Crippen molar-refractivity contribution in [3.63, 3.8) is 0 Å². The van der Waals surface area contributed by atoms with Gasteiger partial charge < -0.3 is 0 Å². The summed E-state index contributed by atoms with van der Waals surface area (Å²) >= 11 is 0. The van der Waals surface area contributed by atoms with Gasteiger partial charge in [0.2, 0.25) is 0 Å². The lowest BCUT2D eigenvalue weighted by Gasteiger charge is -2.61. The normalized spacial score (nSPS) is 22.9. The number of fused-ring (bicyclic) bond motifs is 3. The van der Waals surface area contributed by atoms with E-state index in [0.717, 1.165) is 56.3 Å². The molecule has 1 heterocycles. The largest absolute Gasteiger partial charge is 0.208 e. The average molecular weight is 695 g/mol. The molecule has 12 rings (SSSR count). The van der Waals surface area contributed by atoms with Crippen LogP contribution in [0.1, 0.15) is 48.8 Å². The molecule has 4 saturated carbocycles. The molecule has 0 N–H and O–H groups in total. The van der Waals surface area contributed by atoms with Crippen LogP contribution >= 0.6 is 0 Å². The number of nitriles is 1. The lowest BCUT2D eigenvalue weighted by Crippen LogP contribution is -2.55. The van der Waals surface area contributed by atoms with Crippen molar-refractivity contribution < 1.29 is 0 Å². The van der Waals surface area contributed by atoms with Crippen LogP contribution in [0.4, 0.5) is 0 Å². The third kappa shape index (κ3) is 4.78. The van der Waals surface area contributed by atoms with Crippen molar-refractivity contribution in [1.82, 2.24) is 15.0 Å². The van der Waals surface area contributed by atoms with Crippen molar-refractivity contribution >= 4 is 0 Å². The van der Waals surface area contributed by atoms with Gasteiger partial charge in [-0.2, -0.15) is 5.26 Å². The molecule has 4 nitrogen and oxygen atoms in total. The van der Waals surface area contributed by atoms with Crippen LogP contribution < -0.4 is 0 Å². The Labute approximate surface area is 316 Å². The van der Waals surface area contributed by atoms with Crippen LogP contribution in [0.2, 0.25) is 0 Å². The Hall–Kier alpha value is -6.18. The molecule has 5 aliphatic rings. The van der Waals surface area contributed by atoms with E-state index in [1.807, 2.05) is 30.3 Å². The topological polar surface area (TPSA) is 62.5 Å². The SMILES string of the molecule is N#Cc1cc2c(cc1-c1ccccc1)-c1ccc(-c3nc(-c4ccccc4)nc(-c4cccc(-c5ccccc5)c4)n3)cc1C21C2CC3CC(C2)CC1C3. The van der Waals surface area contributed by atoms with Crippen LogP contribution in [0.25, 0.3) is 67.5 Å². The van der Waals surface area contributed by atoms with Crippen LogP contribution in [0.5, 0.6) is 0 Å². The van der Waals surface area contributed by atoms with E-state index < -0.39 is 0 Å². The summed E-state index contributed by atoms with van der Waals surface area (Å²) in [4.78, 5) is 15.5. The molecule has 0 atom stereocenters. The van der Waals surface area contributed by atoms with Gasteiger partial charge in [-0.05, 0) is 119 Å². The molecule has 258 valence electrons. The Morgan fingerprint density at radius 2 is 0.944 bits per heavy atom. The summed E-state index contributed by atoms with van der Waals surface area (Å²) in [5.74, 6) is 4.78. The molecule has 0 radical (unpaired) electrons. The first-order chi connectivity index (χ1) is 26.7. The van der Waals surface area contributed by atoms with E-state index in [9.17, 15) is 5.26 Å². The molecule has 0 amide bonds. The number of benzene rings is 6. The van der Waals surface area contributed by atoms with E-state index >= 15 is 0 Å². The zero-order valence-electron chi connectivity index (χ0n) is 30.0. The van der Waals surface area contributed by atoms with Gasteiger partial charge in [-0.3, -0.25) is 0 Å². The predicted octanol–water partition coefficient (Wildman–Crippen LogP) is 11.8. The second-order valence-corrected chi connectivity index (χ2v) is 16.0. The quantitative estimate of drug-likeness (QED) is 0.180. The van der Waals surface area contributed by atoms with E-state index in [2.05, 4.69) is 121 Å². The van der Waals surface area contributed by atoms with E-state index in [4.69, 9.17) is 15.0 Å². The number of aromatic nitrogens is 3. The summed E-state index contributed by atoms with van der Waals surface area (Å²) in [5, 5.41) is 10.6. The molecule has 4 bridgehead atoms. The van der Waals surface area contributed by atoms with E-state index in [1.165, 1.54) is 54.4 Å². The average Bonchev–Trinajstić information content (AvgIpc) is 3.52. The fourth-order valence-electron chi connectivity index (χ4n) is 11.1. The predicted molar refractivity (Wildman–Crippen MR) is 215 cm³/mol. The lowest BCUT2D eigenvalue weighted by molar-refractivity contribution is -0.0399. The summed E-state index contributed by atoms with van der Waals surface area (Å²) in [5.41, 5.74) is 13.4. The maximum Gasteiger partial charge on any atom is 0.164 e. The molecular formula is C50H38N4. The summed E-state index contributed by atoms with van der Waals surface area (Å²) in [6.45, 7) is 0. The molecule has 54 heavy (non-hydrogen) atoms. The molecule has 6 aromatic carbocycles. The fourth-order valence-corrected chi connectivity index (χ4v) is 11.1. The first kappa shape index (κ1) is 31.4. The Balaban J connectivity index is 1.11. The Bertz CT molecular complexity index is 2590. The molecule has 0 saturated heterocycles. The first-order valence-corrected chi connectivity index (χ1v) is 19.4. The van der Waals surface area contributed by atoms with Crippen LogP contribution in [-0.2, 0) is 5.41 Å². The van der Waals surface area contributed by atoms with Gasteiger partial charge >= 0.3 is 0 Å². The molecule has 4 heteroatoms. The van der Waals surface area contributed by atoms with Crippen LogP contribution in [0.3, 0.4) is 0 Å². The third-order valence-electron chi connectivity index (χ3n) is 13.1. The Morgan fingerprint density at radius 3 is 1.57 bits per heavy atom. The highest BCUT2D eigenvalue weighted by Crippen LogP contribution is 2.69. The van der Waals surface area contributed by atoms with Crippen molar-refractivity contribution in [3.8, 4) is 73.6 Å². The van der Waals surface area contributed by atoms with Crippen LogP contribution in [0, 0.1) is 35.0 Å². The van der Waals surface area contributed by atoms with Crippen molar-refractivity contribution in [2.24, 2.45) is 23.7 Å². The molecule has 5 aliphatic carbocycles. The monoisotopic (exact) mass is 694 g/mol. The van der Waals surface area contributed by atoms with Gasteiger partial charge in [-0.1, -0.05) is 121 Å². The molecule has 1 spiro atoms. The minimum atomic E-state index is -0.114. The summed E-state index contributed by atoms with van der Waals surface area (Å²) in [6, 6.07) is 53.8. The van der Waals surface area contributed by atoms with Crippen molar-refractivity contribution in [3.05, 3.63) is 162 Å². The van der Waals surface area contributed by atoms with E-state index in [1.54, 1.807) is 0 Å². The summed E-state index contributed by atoms with van der Waals surface area (Å²) in [7, 11) is 0. The van der Waals surface area contributed by atoms with E-state index in [-0.39, 0.29) is 5.41 Å². The van der Waals surface area contributed by atoms with Crippen molar-refractivity contribution in [2.75, 3.05) is 0 Å². The molecule has 1 aromatic heterocycles. The highest BCUT2D eigenvalue weighted by Gasteiger charge is 2.61. The molecule has 7 aromatic rings. The van der Waals surface area contributed by atoms with Crippen molar-refractivity contribution in [1.29, 1.82) is 5.26 Å². The Morgan fingerprint density at radius 1 is 0.426 bits per heavy atom. The van der Waals surface area contributed by atoms with Gasteiger partial charge in [0.05, 0.1) is 11.6 Å². The second-order valence-electron chi connectivity index (χ2n) is 16.0. The zero-order chi connectivity index (χ0) is 35.8. The maximum atomic E-state index is 10.6. The number of hydrogen-bond donors (Lipinski definition) is 0. The van der Waals surface area contributed by atoms with Gasteiger partial charge in [0.15, 0.2) is 17.5 Å². The Kier molecular flexibility index (Phi) is 7.07. The lowest BCUT2D eigenvalue weighted by atomic mass is 9.43. The van der Waals surface area contributed by atoms with Gasteiger partial charge in [0, 0.05) is 27.7 Å². The first-order valence-electron chi connectivity index (χ1n) is 19.4. The molecule has 0 unspecified atom stereocenters. The molecular weight excluding hydrogens is 657 g/mol. The van der Waals surface area contributed by atoms with Gasteiger partial charge in [0.25, 0.3) is 0 Å². The highest BCUT2D eigenvalue weighted by molar-refractivity contribution is 5.89. The third-order valence-corrected chi connectivity index (χ3v) is 13.1. The van der Waals surface area contributed by atoms with Gasteiger partial charge in [-0.25, -0.2) is 15.0 Å².